The van der Waals surface area contributed by atoms with E-state index in [0.717, 1.165) is 30.8 Å². The molecule has 1 heterocycles. The Morgan fingerprint density at radius 1 is 1.14 bits per heavy atom. The molecule has 2 atom stereocenters. The van der Waals surface area contributed by atoms with Gasteiger partial charge in [-0.05, 0) is 36.9 Å². The molecule has 2 unspecified atom stereocenters. The highest BCUT2D eigenvalue weighted by atomic mass is 19.1. The number of benzene rings is 2. The lowest BCUT2D eigenvalue weighted by molar-refractivity contribution is -0.126. The Morgan fingerprint density at radius 3 is 2.48 bits per heavy atom. The molecule has 1 amide bonds. The minimum Gasteiger partial charge on any atom is -0.379 e. The van der Waals surface area contributed by atoms with Gasteiger partial charge in [0.1, 0.15) is 11.9 Å². The van der Waals surface area contributed by atoms with Gasteiger partial charge >= 0.3 is 0 Å². The molecule has 1 fully saturated rings. The lowest BCUT2D eigenvalue weighted by atomic mass is 10.0. The number of amides is 1. The molecule has 2 aromatic rings. The van der Waals surface area contributed by atoms with Crippen molar-refractivity contribution in [2.75, 3.05) is 46.4 Å². The van der Waals surface area contributed by atoms with Crippen LogP contribution in [0.5, 0.6) is 0 Å². The zero-order valence-corrected chi connectivity index (χ0v) is 17.2. The van der Waals surface area contributed by atoms with Crippen LogP contribution in [0.25, 0.3) is 0 Å². The number of nitrogens with zero attached hydrogens (tertiary/aromatic N) is 2. The summed E-state index contributed by atoms with van der Waals surface area (Å²) in [6.45, 7) is 6.01. The summed E-state index contributed by atoms with van der Waals surface area (Å²) < 4.78 is 19.3. The molecule has 5 nitrogen and oxygen atoms in total. The number of rotatable bonds is 8. The number of hydrogen-bond donors (Lipinski definition) is 1. The summed E-state index contributed by atoms with van der Waals surface area (Å²) in [5.41, 5.74) is 1.83. The van der Waals surface area contributed by atoms with E-state index in [1.807, 2.05) is 55.3 Å². The van der Waals surface area contributed by atoms with Crippen molar-refractivity contribution < 1.29 is 13.9 Å². The molecule has 29 heavy (non-hydrogen) atoms. The van der Waals surface area contributed by atoms with E-state index in [1.165, 1.54) is 6.07 Å². The molecule has 1 saturated heterocycles. The Balaban J connectivity index is 1.77. The lowest BCUT2D eigenvalue weighted by Gasteiger charge is -2.35. The van der Waals surface area contributed by atoms with E-state index in [2.05, 4.69) is 10.2 Å². The summed E-state index contributed by atoms with van der Waals surface area (Å²) >= 11 is 0. The molecule has 1 aliphatic heterocycles. The molecule has 0 aromatic heterocycles. The van der Waals surface area contributed by atoms with Gasteiger partial charge in [-0.15, -0.1) is 0 Å². The fourth-order valence-electron chi connectivity index (χ4n) is 3.78. The van der Waals surface area contributed by atoms with Crippen LogP contribution in [-0.2, 0) is 9.53 Å². The van der Waals surface area contributed by atoms with E-state index in [9.17, 15) is 9.18 Å². The standard InChI is InChI=1S/C23H30FN3O2/c1-3-26(2)22(18-8-5-4-6-9-18)23(28)25-17-21(27-12-14-29-15-13-27)19-10-7-11-20(24)16-19/h4-11,16,21-22H,3,12-15,17H2,1-2H3,(H,25,28). The maximum absolute atomic E-state index is 13.9. The van der Waals surface area contributed by atoms with E-state index >= 15 is 0 Å². The molecule has 1 N–H and O–H groups in total. The van der Waals surface area contributed by atoms with Gasteiger partial charge in [-0.1, -0.05) is 49.4 Å². The van der Waals surface area contributed by atoms with E-state index in [-0.39, 0.29) is 23.8 Å². The minimum absolute atomic E-state index is 0.0461. The third-order valence-electron chi connectivity index (χ3n) is 5.49. The third kappa shape index (κ3) is 5.63. The van der Waals surface area contributed by atoms with Crippen LogP contribution in [-0.4, -0.2) is 62.1 Å². The topological polar surface area (TPSA) is 44.8 Å². The highest BCUT2D eigenvalue weighted by Gasteiger charge is 2.27. The van der Waals surface area contributed by atoms with Crippen molar-refractivity contribution >= 4 is 5.91 Å². The first kappa shape index (κ1) is 21.4. The first-order chi connectivity index (χ1) is 14.1. The van der Waals surface area contributed by atoms with E-state index in [0.29, 0.717) is 19.8 Å². The monoisotopic (exact) mass is 399 g/mol. The molecule has 156 valence electrons. The van der Waals surface area contributed by atoms with Gasteiger partial charge in [-0.25, -0.2) is 4.39 Å². The van der Waals surface area contributed by atoms with Crippen LogP contribution >= 0.6 is 0 Å². The molecule has 0 aliphatic carbocycles. The highest BCUT2D eigenvalue weighted by molar-refractivity contribution is 5.83. The maximum Gasteiger partial charge on any atom is 0.242 e. The predicted octanol–water partition coefficient (Wildman–Crippen LogP) is 3.01. The second-order valence-electron chi connectivity index (χ2n) is 7.35. The number of carbonyl (C=O) groups excluding carboxylic acids is 1. The molecule has 1 aliphatic rings. The maximum atomic E-state index is 13.9. The van der Waals surface area contributed by atoms with Gasteiger partial charge in [0, 0.05) is 19.6 Å². The summed E-state index contributed by atoms with van der Waals surface area (Å²) in [6, 6.07) is 16.0. The molecule has 0 radical (unpaired) electrons. The predicted molar refractivity (Wildman–Crippen MR) is 112 cm³/mol. The van der Waals surface area contributed by atoms with Crippen LogP contribution in [0.15, 0.2) is 54.6 Å². The number of nitrogens with one attached hydrogen (secondary N) is 1. The van der Waals surface area contributed by atoms with Crippen molar-refractivity contribution in [3.8, 4) is 0 Å². The smallest absolute Gasteiger partial charge is 0.242 e. The Labute approximate surface area is 172 Å². The van der Waals surface area contributed by atoms with Gasteiger partial charge < -0.3 is 10.1 Å². The largest absolute Gasteiger partial charge is 0.379 e. The molecule has 6 heteroatoms. The first-order valence-electron chi connectivity index (χ1n) is 10.2. The van der Waals surface area contributed by atoms with Gasteiger partial charge in [-0.3, -0.25) is 14.6 Å². The molecule has 0 spiro atoms. The fourth-order valence-corrected chi connectivity index (χ4v) is 3.78. The number of morpholine rings is 1. The molecule has 0 saturated carbocycles. The summed E-state index contributed by atoms with van der Waals surface area (Å²) in [6.07, 6.45) is 0. The number of ether oxygens (including phenoxy) is 1. The number of likely N-dealkylation sites (N-methyl/N-ethyl adjacent to an activating group) is 1. The summed E-state index contributed by atoms with van der Waals surface area (Å²) in [5, 5.41) is 3.13. The van der Waals surface area contributed by atoms with Gasteiger partial charge in [0.2, 0.25) is 5.91 Å². The molecule has 0 bridgehead atoms. The van der Waals surface area contributed by atoms with Crippen molar-refractivity contribution in [3.05, 3.63) is 71.5 Å². The molecular weight excluding hydrogens is 369 g/mol. The Kier molecular flexibility index (Phi) is 7.75. The van der Waals surface area contributed by atoms with Crippen LogP contribution < -0.4 is 5.32 Å². The highest BCUT2D eigenvalue weighted by Crippen LogP contribution is 2.24. The minimum atomic E-state index is -0.362. The van der Waals surface area contributed by atoms with Gasteiger partial charge in [0.25, 0.3) is 0 Å². The SMILES string of the molecule is CCN(C)C(C(=O)NCC(c1cccc(F)c1)N1CCOCC1)c1ccccc1. The van der Waals surface area contributed by atoms with Gasteiger partial charge in [0.15, 0.2) is 0 Å². The quantitative estimate of drug-likeness (QED) is 0.741. The lowest BCUT2D eigenvalue weighted by Crippen LogP contribution is -2.46. The Hall–Kier alpha value is -2.28. The summed E-state index contributed by atoms with van der Waals surface area (Å²) in [5.74, 6) is -0.310. The third-order valence-corrected chi connectivity index (χ3v) is 5.49. The molecule has 2 aromatic carbocycles. The molecular formula is C23H30FN3O2. The fraction of sp³-hybridized carbons (Fsp3) is 0.435. The zero-order chi connectivity index (χ0) is 20.6. The van der Waals surface area contributed by atoms with Crippen LogP contribution in [0, 0.1) is 5.82 Å². The van der Waals surface area contributed by atoms with Crippen molar-refractivity contribution in [1.29, 1.82) is 0 Å². The average molecular weight is 400 g/mol. The van der Waals surface area contributed by atoms with Crippen molar-refractivity contribution in [3.63, 3.8) is 0 Å². The zero-order valence-electron chi connectivity index (χ0n) is 17.2. The van der Waals surface area contributed by atoms with E-state index < -0.39 is 0 Å². The van der Waals surface area contributed by atoms with Crippen molar-refractivity contribution in [1.82, 2.24) is 15.1 Å². The average Bonchev–Trinajstić information content (AvgIpc) is 2.75. The summed E-state index contributed by atoms with van der Waals surface area (Å²) in [7, 11) is 1.95. The number of halogens is 1. The van der Waals surface area contributed by atoms with Crippen LogP contribution in [0.1, 0.15) is 30.1 Å². The van der Waals surface area contributed by atoms with E-state index in [4.69, 9.17) is 4.74 Å². The van der Waals surface area contributed by atoms with E-state index in [1.54, 1.807) is 12.1 Å². The number of hydrogen-bond acceptors (Lipinski definition) is 4. The molecule has 3 rings (SSSR count). The Morgan fingerprint density at radius 2 is 1.83 bits per heavy atom. The van der Waals surface area contributed by atoms with Crippen LogP contribution in [0.2, 0.25) is 0 Å². The van der Waals surface area contributed by atoms with Crippen molar-refractivity contribution in [2.45, 2.75) is 19.0 Å². The summed E-state index contributed by atoms with van der Waals surface area (Å²) in [4.78, 5) is 17.4. The van der Waals surface area contributed by atoms with Gasteiger partial charge in [-0.2, -0.15) is 0 Å². The van der Waals surface area contributed by atoms with Crippen LogP contribution in [0.4, 0.5) is 4.39 Å². The second-order valence-corrected chi connectivity index (χ2v) is 7.35. The Bertz CT molecular complexity index is 781. The van der Waals surface area contributed by atoms with Crippen LogP contribution in [0.3, 0.4) is 0 Å². The van der Waals surface area contributed by atoms with Crippen molar-refractivity contribution in [2.24, 2.45) is 0 Å². The second kappa shape index (κ2) is 10.5. The normalized spacial score (nSPS) is 17.1. The first-order valence-corrected chi connectivity index (χ1v) is 10.2. The number of carbonyl (C=O) groups is 1. The van der Waals surface area contributed by atoms with Gasteiger partial charge in [0.05, 0.1) is 19.3 Å².